The van der Waals surface area contributed by atoms with Crippen molar-refractivity contribution in [3.63, 3.8) is 0 Å². The second-order valence-electron chi connectivity index (χ2n) is 10.9. The molecule has 1 N–H and O–H groups in total. The lowest BCUT2D eigenvalue weighted by atomic mass is 9.93. The van der Waals surface area contributed by atoms with Crippen molar-refractivity contribution in [2.24, 2.45) is 0 Å². The first-order valence-electron chi connectivity index (χ1n) is 15.4. The summed E-state index contributed by atoms with van der Waals surface area (Å²) in [4.78, 5) is 16.4. The fraction of sp³-hybridized carbons (Fsp3) is 0.179. The third kappa shape index (κ3) is 6.06. The number of para-hydroxylation sites is 2. The molecule has 0 saturated carbocycles. The highest BCUT2D eigenvalue weighted by Gasteiger charge is 2.21. The van der Waals surface area contributed by atoms with Crippen LogP contribution >= 0.6 is 11.8 Å². The highest BCUT2D eigenvalue weighted by Crippen LogP contribution is 2.43. The minimum absolute atomic E-state index is 0.332. The number of hydrogen-bond donors (Lipinski definition) is 1. The minimum atomic E-state index is -0.904. The lowest BCUT2D eigenvalue weighted by Crippen LogP contribution is -2.36. The van der Waals surface area contributed by atoms with E-state index in [1.807, 2.05) is 12.1 Å². The van der Waals surface area contributed by atoms with Gasteiger partial charge in [-0.3, -0.25) is 0 Å². The quantitative estimate of drug-likeness (QED) is 0.206. The maximum absolute atomic E-state index is 12.1. The van der Waals surface area contributed by atoms with Crippen molar-refractivity contribution < 1.29 is 14.5 Å². The molecule has 0 bridgehead atoms. The van der Waals surface area contributed by atoms with E-state index in [0.29, 0.717) is 5.56 Å². The number of carboxylic acids is 1. The predicted molar refractivity (Wildman–Crippen MR) is 184 cm³/mol. The molecule has 0 fully saturated rings. The van der Waals surface area contributed by atoms with E-state index in [1.165, 1.54) is 33.3 Å². The molecule has 1 aromatic heterocycles. The number of allylic oxidation sites excluding steroid dienone is 6. The molecule has 2 heterocycles. The largest absolute Gasteiger partial charge is 0.478 e. The van der Waals surface area contributed by atoms with Gasteiger partial charge in [0.15, 0.2) is 0 Å². The molecule has 0 amide bonds. The van der Waals surface area contributed by atoms with Crippen LogP contribution in [0.15, 0.2) is 136 Å². The van der Waals surface area contributed by atoms with E-state index < -0.39 is 5.97 Å². The molecule has 0 unspecified atom stereocenters. The van der Waals surface area contributed by atoms with Gasteiger partial charge in [-0.15, -0.1) is 0 Å². The van der Waals surface area contributed by atoms with Crippen LogP contribution in [0.4, 0.5) is 5.69 Å². The van der Waals surface area contributed by atoms with Gasteiger partial charge in [0.25, 0.3) is 0 Å². The van der Waals surface area contributed by atoms with Gasteiger partial charge in [0, 0.05) is 51.3 Å². The fourth-order valence-electron chi connectivity index (χ4n) is 6.12. The minimum Gasteiger partial charge on any atom is -0.478 e. The van der Waals surface area contributed by atoms with Crippen molar-refractivity contribution >= 4 is 46.5 Å². The van der Waals surface area contributed by atoms with Crippen LogP contribution in [0, 0.1) is 0 Å². The first-order chi connectivity index (χ1) is 21.6. The lowest BCUT2D eigenvalue weighted by Gasteiger charge is -2.29. The van der Waals surface area contributed by atoms with Gasteiger partial charge in [-0.2, -0.15) is 4.57 Å². The topological polar surface area (TPSA) is 44.4 Å². The molecule has 0 spiro atoms. The van der Waals surface area contributed by atoms with Crippen LogP contribution in [0.25, 0.3) is 23.1 Å². The maximum atomic E-state index is 12.1. The van der Waals surface area contributed by atoms with E-state index in [9.17, 15) is 9.90 Å². The van der Waals surface area contributed by atoms with Crippen LogP contribution in [0.5, 0.6) is 0 Å². The first-order valence-corrected chi connectivity index (χ1v) is 16.2. The van der Waals surface area contributed by atoms with Crippen molar-refractivity contribution in [1.29, 1.82) is 0 Å². The maximum Gasteiger partial charge on any atom is 0.336 e. The van der Waals surface area contributed by atoms with Crippen LogP contribution in [0.1, 0.15) is 54.7 Å². The third-order valence-corrected chi connectivity index (χ3v) is 9.60. The first kappa shape index (κ1) is 29.5. The number of anilines is 1. The molecule has 4 aromatic rings. The number of aryl methyl sites for hydroxylation is 1. The Bertz CT molecular complexity index is 1880. The van der Waals surface area contributed by atoms with E-state index in [2.05, 4.69) is 120 Å². The Kier molecular flexibility index (Phi) is 8.94. The van der Waals surface area contributed by atoms with Crippen molar-refractivity contribution in [2.75, 3.05) is 11.4 Å². The smallest absolute Gasteiger partial charge is 0.336 e. The molecule has 3 aromatic carbocycles. The SMILES string of the molecule is CCN1C(=CC=C2CCCC(C=Cc3ccc4ccccc4[n+]3CC)=C2Sc2ccccc2C(=O)O)C=Cc2ccccc21. The average molecular weight is 598 g/mol. The molecule has 1 aliphatic carbocycles. The zero-order valence-electron chi connectivity index (χ0n) is 25.2. The standard InChI is InChI=1S/C39H36N2O2S/c1-3-40-32(24-20-28-12-5-8-17-35(28)40)26-22-30-14-11-15-31(38(30)44-37-19-10-7-16-34(37)39(42)43)23-27-33-25-21-29-13-6-9-18-36(29)41(33)4-2/h5-10,12-13,16-27H,3-4,11,14-15H2,1-2H3/p+1. The molecule has 6 rings (SSSR count). The molecule has 44 heavy (non-hydrogen) atoms. The number of fused-ring (bicyclic) bond motifs is 2. The number of aromatic carboxylic acids is 1. The van der Waals surface area contributed by atoms with Gasteiger partial charge in [-0.05, 0) is 92.3 Å². The monoisotopic (exact) mass is 597 g/mol. The molecule has 2 aliphatic rings. The van der Waals surface area contributed by atoms with E-state index >= 15 is 0 Å². The summed E-state index contributed by atoms with van der Waals surface area (Å²) in [5, 5.41) is 11.2. The number of nitrogens with zero attached hydrogens (tertiary/aromatic N) is 2. The Morgan fingerprint density at radius 1 is 0.886 bits per heavy atom. The van der Waals surface area contributed by atoms with Gasteiger partial charge in [-0.25, -0.2) is 4.79 Å². The Balaban J connectivity index is 1.43. The van der Waals surface area contributed by atoms with Crippen molar-refractivity contribution in [3.05, 3.63) is 148 Å². The van der Waals surface area contributed by atoms with Gasteiger partial charge >= 0.3 is 5.97 Å². The summed E-state index contributed by atoms with van der Waals surface area (Å²) in [7, 11) is 0. The highest BCUT2D eigenvalue weighted by molar-refractivity contribution is 8.03. The van der Waals surface area contributed by atoms with E-state index in [4.69, 9.17) is 0 Å². The molecule has 220 valence electrons. The second kappa shape index (κ2) is 13.4. The van der Waals surface area contributed by atoms with Crippen LogP contribution in [-0.2, 0) is 6.54 Å². The summed E-state index contributed by atoms with van der Waals surface area (Å²) in [5.41, 5.74) is 8.76. The van der Waals surface area contributed by atoms with Crippen molar-refractivity contribution in [1.82, 2.24) is 0 Å². The number of pyridine rings is 1. The second-order valence-corrected chi connectivity index (χ2v) is 12.0. The fourth-order valence-corrected chi connectivity index (χ4v) is 7.35. The summed E-state index contributed by atoms with van der Waals surface area (Å²) in [6.45, 7) is 6.10. The molecular weight excluding hydrogens is 561 g/mol. The Hall–Kier alpha value is -4.61. The van der Waals surface area contributed by atoms with Crippen LogP contribution < -0.4 is 9.47 Å². The number of thioether (sulfide) groups is 1. The lowest BCUT2D eigenvalue weighted by molar-refractivity contribution is -0.669. The molecule has 0 atom stereocenters. The van der Waals surface area contributed by atoms with Gasteiger partial charge in [-0.1, -0.05) is 72.5 Å². The molecule has 1 aliphatic heterocycles. The van der Waals surface area contributed by atoms with Gasteiger partial charge in [0.05, 0.1) is 5.56 Å². The molecular formula is C39H37N2O2S+. The number of hydrogen-bond acceptors (Lipinski definition) is 3. The Morgan fingerprint density at radius 3 is 2.52 bits per heavy atom. The van der Waals surface area contributed by atoms with Crippen LogP contribution in [-0.4, -0.2) is 17.6 Å². The van der Waals surface area contributed by atoms with Crippen LogP contribution in [0.3, 0.4) is 0 Å². The summed E-state index contributed by atoms with van der Waals surface area (Å²) in [5.74, 6) is -0.904. The molecule has 0 saturated heterocycles. The zero-order chi connectivity index (χ0) is 30.5. The summed E-state index contributed by atoms with van der Waals surface area (Å²) >= 11 is 1.58. The zero-order valence-corrected chi connectivity index (χ0v) is 26.1. The summed E-state index contributed by atoms with van der Waals surface area (Å²) in [6, 6.07) is 28.7. The van der Waals surface area contributed by atoms with Gasteiger partial charge in [0.2, 0.25) is 11.2 Å². The normalized spacial score (nSPS) is 16.8. The number of rotatable bonds is 8. The van der Waals surface area contributed by atoms with Gasteiger partial charge < -0.3 is 10.0 Å². The number of aromatic nitrogens is 1. The summed E-state index contributed by atoms with van der Waals surface area (Å²) in [6.07, 6.45) is 16.2. The van der Waals surface area contributed by atoms with E-state index in [-0.39, 0.29) is 0 Å². The van der Waals surface area contributed by atoms with Gasteiger partial charge in [0.1, 0.15) is 6.54 Å². The number of benzene rings is 3. The van der Waals surface area contributed by atoms with E-state index in [1.54, 1.807) is 23.9 Å². The Morgan fingerprint density at radius 2 is 1.68 bits per heavy atom. The third-order valence-electron chi connectivity index (χ3n) is 8.29. The highest BCUT2D eigenvalue weighted by atomic mass is 32.2. The summed E-state index contributed by atoms with van der Waals surface area (Å²) < 4.78 is 2.34. The average Bonchev–Trinajstić information content (AvgIpc) is 3.06. The molecule has 0 radical (unpaired) electrons. The predicted octanol–water partition coefficient (Wildman–Crippen LogP) is 9.45. The Labute approximate surface area is 264 Å². The number of carboxylic acid groups (broad SMARTS) is 1. The van der Waals surface area contributed by atoms with E-state index in [0.717, 1.165) is 53.5 Å². The number of carbonyl (C=O) groups is 1. The van der Waals surface area contributed by atoms with Crippen molar-refractivity contribution in [3.8, 4) is 0 Å². The van der Waals surface area contributed by atoms with Crippen molar-refractivity contribution in [2.45, 2.75) is 44.6 Å². The van der Waals surface area contributed by atoms with Crippen LogP contribution in [0.2, 0.25) is 0 Å². The number of likely N-dealkylation sites (N-methyl/N-ethyl adjacent to an activating group) is 1. The molecule has 5 heteroatoms. The molecule has 4 nitrogen and oxygen atoms in total.